The van der Waals surface area contributed by atoms with E-state index in [1.165, 1.54) is 0 Å². The van der Waals surface area contributed by atoms with Gasteiger partial charge < -0.3 is 20.7 Å². The molecule has 190 valence electrons. The highest BCUT2D eigenvalue weighted by molar-refractivity contribution is 9.10. The Morgan fingerprint density at radius 2 is 1.57 bits per heavy atom. The Balaban J connectivity index is 0.00000210. The largest absolute Gasteiger partial charge is 0.444 e. The molecule has 3 N–H and O–H groups in total. The first-order valence-electron chi connectivity index (χ1n) is 11.9. The van der Waals surface area contributed by atoms with Crippen molar-refractivity contribution in [2.75, 3.05) is 5.32 Å². The van der Waals surface area contributed by atoms with Crippen molar-refractivity contribution in [2.24, 2.45) is 0 Å². The molecule has 2 atom stereocenters. The standard InChI is InChI=1S/C24H29BrN4O4.C2H6/c1-24(2,3)33-23(32)28-18-7-4-6-17(14-18)27-21(30)15-10-12-16(13-11-15)26-22(31)19-8-5-9-20(25)29-19;1-2/h5,8-13,17-18H,4,6-7,14H2,1-3H3,(H,26,31)(H,27,30)(H,28,32);1-2H3. The summed E-state index contributed by atoms with van der Waals surface area (Å²) in [6.07, 6.45) is 2.83. The fourth-order valence-electron chi connectivity index (χ4n) is 3.63. The Bertz CT molecular complexity index is 1010. The number of hydrogen-bond acceptors (Lipinski definition) is 5. The Kier molecular flexibility index (Phi) is 10.7. The predicted octanol–water partition coefficient (Wildman–Crippen LogP) is 5.69. The van der Waals surface area contributed by atoms with Crippen molar-refractivity contribution in [2.45, 2.75) is 78.0 Å². The molecule has 0 aliphatic heterocycles. The van der Waals surface area contributed by atoms with Crippen molar-refractivity contribution in [1.29, 1.82) is 0 Å². The van der Waals surface area contributed by atoms with Gasteiger partial charge in [0.05, 0.1) is 0 Å². The lowest BCUT2D eigenvalue weighted by molar-refractivity contribution is 0.0489. The van der Waals surface area contributed by atoms with Crippen molar-refractivity contribution >= 4 is 39.5 Å². The molecule has 3 rings (SSSR count). The number of aromatic nitrogens is 1. The molecule has 9 heteroatoms. The zero-order valence-corrected chi connectivity index (χ0v) is 22.6. The number of nitrogens with zero attached hydrogens (tertiary/aromatic N) is 1. The molecular weight excluding hydrogens is 512 g/mol. The number of amides is 3. The summed E-state index contributed by atoms with van der Waals surface area (Å²) >= 11 is 3.25. The average Bonchev–Trinajstić information content (AvgIpc) is 2.80. The van der Waals surface area contributed by atoms with Gasteiger partial charge in [-0.05, 0) is 98.8 Å². The molecule has 1 fully saturated rings. The van der Waals surface area contributed by atoms with Gasteiger partial charge in [0, 0.05) is 23.3 Å². The summed E-state index contributed by atoms with van der Waals surface area (Å²) in [6.45, 7) is 9.47. The van der Waals surface area contributed by atoms with E-state index in [0.717, 1.165) is 19.3 Å². The third kappa shape index (κ3) is 9.68. The molecule has 0 radical (unpaired) electrons. The van der Waals surface area contributed by atoms with Crippen LogP contribution in [0.15, 0.2) is 47.1 Å². The summed E-state index contributed by atoms with van der Waals surface area (Å²) < 4.78 is 5.90. The van der Waals surface area contributed by atoms with Crippen molar-refractivity contribution < 1.29 is 19.1 Å². The lowest BCUT2D eigenvalue weighted by Crippen LogP contribution is -2.46. The Hall–Kier alpha value is -2.94. The first-order chi connectivity index (χ1) is 16.6. The Morgan fingerprint density at radius 3 is 2.17 bits per heavy atom. The zero-order chi connectivity index (χ0) is 26.0. The predicted molar refractivity (Wildman–Crippen MR) is 141 cm³/mol. The molecule has 0 spiro atoms. The highest BCUT2D eigenvalue weighted by atomic mass is 79.9. The Morgan fingerprint density at radius 1 is 0.943 bits per heavy atom. The van der Waals surface area contributed by atoms with Crippen LogP contribution in [0.25, 0.3) is 0 Å². The van der Waals surface area contributed by atoms with Gasteiger partial charge in [0.15, 0.2) is 0 Å². The number of hydrogen-bond donors (Lipinski definition) is 3. The number of benzene rings is 1. The molecule has 1 heterocycles. The minimum absolute atomic E-state index is 0.0341. The van der Waals surface area contributed by atoms with Crippen LogP contribution < -0.4 is 16.0 Å². The number of carbonyl (C=O) groups excluding carboxylic acids is 3. The maximum atomic E-state index is 12.7. The summed E-state index contributed by atoms with van der Waals surface area (Å²) in [5, 5.41) is 8.71. The fourth-order valence-corrected chi connectivity index (χ4v) is 3.97. The van der Waals surface area contributed by atoms with Gasteiger partial charge in [-0.2, -0.15) is 0 Å². The second-order valence-electron chi connectivity index (χ2n) is 9.06. The minimum Gasteiger partial charge on any atom is -0.444 e. The molecule has 0 bridgehead atoms. The van der Waals surface area contributed by atoms with Crippen LogP contribution in [-0.4, -0.2) is 40.6 Å². The molecule has 1 aliphatic carbocycles. The number of carbonyl (C=O) groups is 3. The van der Waals surface area contributed by atoms with Gasteiger partial charge in [0.25, 0.3) is 11.8 Å². The van der Waals surface area contributed by atoms with Gasteiger partial charge >= 0.3 is 6.09 Å². The average molecular weight is 547 g/mol. The van der Waals surface area contributed by atoms with E-state index in [9.17, 15) is 14.4 Å². The van der Waals surface area contributed by atoms with Crippen molar-refractivity contribution in [1.82, 2.24) is 15.6 Å². The molecule has 35 heavy (non-hydrogen) atoms. The topological polar surface area (TPSA) is 109 Å². The van der Waals surface area contributed by atoms with Gasteiger partial charge in [0.2, 0.25) is 0 Å². The van der Waals surface area contributed by atoms with E-state index in [2.05, 4.69) is 36.9 Å². The number of ether oxygens (including phenoxy) is 1. The molecule has 8 nitrogen and oxygen atoms in total. The number of nitrogens with one attached hydrogen (secondary N) is 3. The molecule has 1 aromatic heterocycles. The van der Waals surface area contributed by atoms with E-state index in [1.54, 1.807) is 42.5 Å². The quantitative estimate of drug-likeness (QED) is 0.417. The summed E-state index contributed by atoms with van der Waals surface area (Å²) in [7, 11) is 0. The second-order valence-corrected chi connectivity index (χ2v) is 9.87. The number of halogens is 1. The monoisotopic (exact) mass is 546 g/mol. The van der Waals surface area contributed by atoms with Crippen LogP contribution >= 0.6 is 15.9 Å². The molecule has 1 aliphatic rings. The summed E-state index contributed by atoms with van der Waals surface area (Å²) in [6, 6.07) is 11.7. The number of anilines is 1. The summed E-state index contributed by atoms with van der Waals surface area (Å²) in [4.78, 5) is 41.2. The number of alkyl carbamates (subject to hydrolysis) is 1. The number of pyridine rings is 1. The lowest BCUT2D eigenvalue weighted by Gasteiger charge is -2.31. The van der Waals surface area contributed by atoms with Crippen molar-refractivity contribution in [3.05, 3.63) is 58.3 Å². The van der Waals surface area contributed by atoms with Crippen LogP contribution in [-0.2, 0) is 4.74 Å². The smallest absolute Gasteiger partial charge is 0.407 e. The second kappa shape index (κ2) is 13.2. The van der Waals surface area contributed by atoms with Gasteiger partial charge in [-0.15, -0.1) is 0 Å². The Labute approximate surface area is 215 Å². The van der Waals surface area contributed by atoms with Gasteiger partial charge in [-0.1, -0.05) is 19.9 Å². The van der Waals surface area contributed by atoms with Crippen LogP contribution in [0.3, 0.4) is 0 Å². The van der Waals surface area contributed by atoms with E-state index < -0.39 is 11.7 Å². The molecule has 0 saturated heterocycles. The van der Waals surface area contributed by atoms with Crippen LogP contribution in [0, 0.1) is 0 Å². The highest BCUT2D eigenvalue weighted by Crippen LogP contribution is 2.20. The van der Waals surface area contributed by atoms with Crippen LogP contribution in [0.5, 0.6) is 0 Å². The third-order valence-electron chi connectivity index (χ3n) is 5.08. The first-order valence-corrected chi connectivity index (χ1v) is 12.7. The van der Waals surface area contributed by atoms with Gasteiger partial charge in [-0.25, -0.2) is 9.78 Å². The van der Waals surface area contributed by atoms with Crippen LogP contribution in [0.1, 0.15) is 81.1 Å². The molecule has 2 unspecified atom stereocenters. The minimum atomic E-state index is -0.549. The van der Waals surface area contributed by atoms with E-state index in [-0.39, 0.29) is 29.6 Å². The SMILES string of the molecule is CC.CC(C)(C)OC(=O)NC1CCCC(NC(=O)c2ccc(NC(=O)c3cccc(Br)n3)cc2)C1. The third-order valence-corrected chi connectivity index (χ3v) is 5.52. The van der Waals surface area contributed by atoms with E-state index in [1.807, 2.05) is 34.6 Å². The lowest BCUT2D eigenvalue weighted by atomic mass is 9.91. The van der Waals surface area contributed by atoms with Gasteiger partial charge in [0.1, 0.15) is 15.9 Å². The van der Waals surface area contributed by atoms with Crippen molar-refractivity contribution in [3.63, 3.8) is 0 Å². The maximum absolute atomic E-state index is 12.7. The van der Waals surface area contributed by atoms with Crippen LogP contribution in [0.4, 0.5) is 10.5 Å². The fraction of sp³-hybridized carbons (Fsp3) is 0.462. The molecule has 2 aromatic rings. The van der Waals surface area contributed by atoms with E-state index >= 15 is 0 Å². The maximum Gasteiger partial charge on any atom is 0.407 e. The molecule has 1 saturated carbocycles. The molecule has 3 amide bonds. The summed E-state index contributed by atoms with van der Waals surface area (Å²) in [5.41, 5.74) is 0.804. The molecule has 1 aromatic carbocycles. The molecular formula is C26H35BrN4O4. The number of rotatable bonds is 5. The van der Waals surface area contributed by atoms with Gasteiger partial charge in [-0.3, -0.25) is 9.59 Å². The highest BCUT2D eigenvalue weighted by Gasteiger charge is 2.26. The normalized spacial score (nSPS) is 17.3. The van der Waals surface area contributed by atoms with E-state index in [4.69, 9.17) is 4.74 Å². The van der Waals surface area contributed by atoms with Crippen LogP contribution in [0.2, 0.25) is 0 Å². The summed E-state index contributed by atoms with van der Waals surface area (Å²) in [5.74, 6) is -0.524. The zero-order valence-electron chi connectivity index (χ0n) is 21.0. The first kappa shape index (κ1) is 28.3. The van der Waals surface area contributed by atoms with E-state index in [0.29, 0.717) is 22.3 Å². The van der Waals surface area contributed by atoms with Crippen molar-refractivity contribution in [3.8, 4) is 0 Å².